The van der Waals surface area contributed by atoms with Gasteiger partial charge in [0.25, 0.3) is 0 Å². The van der Waals surface area contributed by atoms with Gasteiger partial charge < -0.3 is 10.2 Å². The Morgan fingerprint density at radius 3 is 3.00 bits per heavy atom. The number of hydrogen-bond acceptors (Lipinski definition) is 3. The molecule has 17 heavy (non-hydrogen) atoms. The number of rotatable bonds is 1. The Kier molecular flexibility index (Phi) is 2.40. The maximum absolute atomic E-state index is 11.4. The quantitative estimate of drug-likeness (QED) is 0.795. The minimum Gasteiger partial charge on any atom is -0.353 e. The number of carbonyl (C=O) groups excluding carboxylic acids is 1. The molecule has 1 aliphatic rings. The van der Waals surface area contributed by atoms with E-state index in [-0.39, 0.29) is 5.91 Å². The highest BCUT2D eigenvalue weighted by Gasteiger charge is 2.18. The number of benzene rings is 1. The van der Waals surface area contributed by atoms with Crippen molar-refractivity contribution in [3.05, 3.63) is 36.5 Å². The van der Waals surface area contributed by atoms with Crippen LogP contribution in [0.3, 0.4) is 0 Å². The highest BCUT2D eigenvalue weighted by atomic mass is 16.2. The van der Waals surface area contributed by atoms with Crippen LogP contribution >= 0.6 is 0 Å². The smallest absolute Gasteiger partial charge is 0.239 e. The SMILES string of the molecule is O=C1CN(c2nccc3ccccc23)CCN1. The molecule has 1 aliphatic heterocycles. The van der Waals surface area contributed by atoms with Gasteiger partial charge in [-0.2, -0.15) is 0 Å². The molecule has 1 N–H and O–H groups in total. The molecule has 4 nitrogen and oxygen atoms in total. The predicted octanol–water partition coefficient (Wildman–Crippen LogP) is 1.17. The lowest BCUT2D eigenvalue weighted by Crippen LogP contribution is -2.48. The number of anilines is 1. The van der Waals surface area contributed by atoms with Crippen LogP contribution in [0.4, 0.5) is 5.82 Å². The summed E-state index contributed by atoms with van der Waals surface area (Å²) >= 11 is 0. The molecule has 1 amide bonds. The third-order valence-corrected chi connectivity index (χ3v) is 2.99. The third-order valence-electron chi connectivity index (χ3n) is 2.99. The van der Waals surface area contributed by atoms with Crippen LogP contribution in [0.5, 0.6) is 0 Å². The largest absolute Gasteiger partial charge is 0.353 e. The van der Waals surface area contributed by atoms with Gasteiger partial charge in [0.05, 0.1) is 6.54 Å². The minimum atomic E-state index is 0.0611. The van der Waals surface area contributed by atoms with Crippen LogP contribution in [0.15, 0.2) is 36.5 Å². The molecule has 0 atom stereocenters. The summed E-state index contributed by atoms with van der Waals surface area (Å²) in [6.07, 6.45) is 1.80. The number of hydrogen-bond donors (Lipinski definition) is 1. The van der Waals surface area contributed by atoms with Crippen molar-refractivity contribution in [1.82, 2.24) is 10.3 Å². The first-order chi connectivity index (χ1) is 8.34. The lowest BCUT2D eigenvalue weighted by Gasteiger charge is -2.28. The van der Waals surface area contributed by atoms with Crippen molar-refractivity contribution in [2.24, 2.45) is 0 Å². The number of piperazine rings is 1. The van der Waals surface area contributed by atoms with Crippen LogP contribution in [0.2, 0.25) is 0 Å². The van der Waals surface area contributed by atoms with Crippen LogP contribution in [0.1, 0.15) is 0 Å². The average Bonchev–Trinajstić information content (AvgIpc) is 2.38. The summed E-state index contributed by atoms with van der Waals surface area (Å²) in [6.45, 7) is 1.89. The van der Waals surface area contributed by atoms with E-state index >= 15 is 0 Å². The van der Waals surface area contributed by atoms with Gasteiger partial charge >= 0.3 is 0 Å². The van der Waals surface area contributed by atoms with Gasteiger partial charge in [0, 0.05) is 24.7 Å². The summed E-state index contributed by atoms with van der Waals surface area (Å²) in [6, 6.07) is 10.1. The molecule has 0 spiro atoms. The second-order valence-corrected chi connectivity index (χ2v) is 4.13. The van der Waals surface area contributed by atoms with E-state index in [4.69, 9.17) is 0 Å². The molecule has 0 aliphatic carbocycles. The summed E-state index contributed by atoms with van der Waals surface area (Å²) in [4.78, 5) is 17.8. The molecule has 0 unspecified atom stereocenters. The molecule has 0 bridgehead atoms. The molecule has 4 heteroatoms. The third kappa shape index (κ3) is 1.82. The Hall–Kier alpha value is -2.10. The molecule has 2 aromatic rings. The molecule has 86 valence electrons. The number of pyridine rings is 1. The van der Waals surface area contributed by atoms with Gasteiger partial charge in [-0.05, 0) is 11.5 Å². The van der Waals surface area contributed by atoms with Gasteiger partial charge in [-0.15, -0.1) is 0 Å². The topological polar surface area (TPSA) is 45.2 Å². The van der Waals surface area contributed by atoms with Crippen LogP contribution in [0, 0.1) is 0 Å². The summed E-state index contributed by atoms with van der Waals surface area (Å²) in [5, 5.41) is 5.08. The van der Waals surface area contributed by atoms with E-state index in [0.717, 1.165) is 23.1 Å². The van der Waals surface area contributed by atoms with Gasteiger partial charge in [-0.3, -0.25) is 4.79 Å². The summed E-state index contributed by atoms with van der Waals surface area (Å²) in [7, 11) is 0. The van der Waals surface area contributed by atoms with Gasteiger partial charge in [0.1, 0.15) is 5.82 Å². The van der Waals surface area contributed by atoms with E-state index in [0.29, 0.717) is 13.1 Å². The molecule has 1 aromatic carbocycles. The van der Waals surface area contributed by atoms with Crippen molar-refractivity contribution in [1.29, 1.82) is 0 Å². The van der Waals surface area contributed by atoms with E-state index in [2.05, 4.69) is 16.4 Å². The Morgan fingerprint density at radius 1 is 1.24 bits per heavy atom. The molecular formula is C13H13N3O. The lowest BCUT2D eigenvalue weighted by molar-refractivity contribution is -0.120. The number of amides is 1. The maximum Gasteiger partial charge on any atom is 0.239 e. The van der Waals surface area contributed by atoms with Crippen molar-refractivity contribution < 1.29 is 4.79 Å². The van der Waals surface area contributed by atoms with Crippen LogP contribution in [-0.4, -0.2) is 30.5 Å². The molecule has 2 heterocycles. The second kappa shape index (κ2) is 4.05. The van der Waals surface area contributed by atoms with Crippen molar-refractivity contribution in [3.8, 4) is 0 Å². The fraction of sp³-hybridized carbons (Fsp3) is 0.231. The van der Waals surface area contributed by atoms with E-state index in [1.165, 1.54) is 0 Å². The van der Waals surface area contributed by atoms with Crippen molar-refractivity contribution >= 4 is 22.5 Å². The summed E-state index contributed by atoms with van der Waals surface area (Å²) < 4.78 is 0. The standard InChI is InChI=1S/C13H13N3O/c17-12-9-16(8-7-14-12)13-11-4-2-1-3-10(11)5-6-15-13/h1-6H,7-9H2,(H,14,17). The zero-order valence-corrected chi connectivity index (χ0v) is 9.39. The molecule has 3 rings (SSSR count). The Balaban J connectivity index is 2.07. The lowest BCUT2D eigenvalue weighted by atomic mass is 10.1. The number of nitrogens with zero attached hydrogens (tertiary/aromatic N) is 2. The first kappa shape index (κ1) is 10.1. The highest BCUT2D eigenvalue weighted by molar-refractivity contribution is 5.94. The first-order valence-corrected chi connectivity index (χ1v) is 5.70. The van der Waals surface area contributed by atoms with Gasteiger partial charge in [0.15, 0.2) is 0 Å². The number of fused-ring (bicyclic) bond motifs is 1. The fourth-order valence-electron chi connectivity index (χ4n) is 2.18. The van der Waals surface area contributed by atoms with Crippen molar-refractivity contribution in [2.45, 2.75) is 0 Å². The minimum absolute atomic E-state index is 0.0611. The van der Waals surface area contributed by atoms with E-state index in [1.54, 1.807) is 6.20 Å². The van der Waals surface area contributed by atoms with E-state index in [9.17, 15) is 4.79 Å². The Bertz CT molecular complexity index is 562. The zero-order valence-electron chi connectivity index (χ0n) is 9.39. The van der Waals surface area contributed by atoms with Crippen LogP contribution in [0.25, 0.3) is 10.8 Å². The highest BCUT2D eigenvalue weighted by Crippen LogP contribution is 2.24. The molecule has 0 radical (unpaired) electrons. The normalized spacial score (nSPS) is 16.0. The monoisotopic (exact) mass is 227 g/mol. The molecule has 1 saturated heterocycles. The summed E-state index contributed by atoms with van der Waals surface area (Å²) in [5.41, 5.74) is 0. The van der Waals surface area contributed by atoms with Gasteiger partial charge in [0.2, 0.25) is 5.91 Å². The Morgan fingerprint density at radius 2 is 2.12 bits per heavy atom. The molecule has 0 saturated carbocycles. The van der Waals surface area contributed by atoms with Crippen LogP contribution in [-0.2, 0) is 4.79 Å². The summed E-state index contributed by atoms with van der Waals surface area (Å²) in [5.74, 6) is 0.962. The predicted molar refractivity (Wildman–Crippen MR) is 67.0 cm³/mol. The van der Waals surface area contributed by atoms with Crippen molar-refractivity contribution in [2.75, 3.05) is 24.5 Å². The van der Waals surface area contributed by atoms with Gasteiger partial charge in [-0.1, -0.05) is 24.3 Å². The second-order valence-electron chi connectivity index (χ2n) is 4.13. The van der Waals surface area contributed by atoms with Crippen molar-refractivity contribution in [3.63, 3.8) is 0 Å². The average molecular weight is 227 g/mol. The van der Waals surface area contributed by atoms with Crippen LogP contribution < -0.4 is 10.2 Å². The first-order valence-electron chi connectivity index (χ1n) is 5.70. The molecule has 1 aromatic heterocycles. The molecular weight excluding hydrogens is 214 g/mol. The fourth-order valence-corrected chi connectivity index (χ4v) is 2.18. The Labute approximate surface area is 99.3 Å². The van der Waals surface area contributed by atoms with E-state index in [1.807, 2.05) is 29.2 Å². The number of nitrogens with one attached hydrogen (secondary N) is 1. The zero-order chi connectivity index (χ0) is 11.7. The maximum atomic E-state index is 11.4. The van der Waals surface area contributed by atoms with Gasteiger partial charge in [-0.25, -0.2) is 4.98 Å². The molecule has 1 fully saturated rings. The number of aromatic nitrogens is 1. The van der Waals surface area contributed by atoms with E-state index < -0.39 is 0 Å². The number of carbonyl (C=O) groups is 1.